The quantitative estimate of drug-likeness (QED) is 0.672. The number of carbonyl (C=O) groups excluding carboxylic acids is 1. The molecule has 0 aliphatic heterocycles. The summed E-state index contributed by atoms with van der Waals surface area (Å²) in [7, 11) is 0. The van der Waals surface area contributed by atoms with E-state index in [1.807, 2.05) is 34.9 Å². The number of benzene rings is 2. The molecule has 1 aromatic heterocycles. The van der Waals surface area contributed by atoms with Crippen molar-refractivity contribution in [2.75, 3.05) is 6.61 Å². The molecule has 0 fully saturated rings. The number of fused-ring (bicyclic) bond motifs is 2. The Morgan fingerprint density at radius 2 is 2.12 bits per heavy atom. The normalized spacial score (nSPS) is 19.1. The van der Waals surface area contributed by atoms with Crippen LogP contribution < -0.4 is 5.32 Å². The number of nitrogens with zero attached hydrogens (tertiary/aromatic N) is 2. The van der Waals surface area contributed by atoms with Crippen LogP contribution in [0.3, 0.4) is 0 Å². The number of rotatable bonds is 4. The molecule has 25 heavy (non-hydrogen) atoms. The molecule has 6 nitrogen and oxygen atoms in total. The Bertz CT molecular complexity index is 935. The number of amides is 1. The van der Waals surface area contributed by atoms with E-state index in [0.717, 1.165) is 16.6 Å². The maximum absolute atomic E-state index is 12.6. The lowest BCUT2D eigenvalue weighted by Gasteiger charge is -2.18. The number of hydrogen-bond donors (Lipinski definition) is 3. The summed E-state index contributed by atoms with van der Waals surface area (Å²) in [5.41, 5.74) is 4.11. The van der Waals surface area contributed by atoms with E-state index in [1.54, 1.807) is 18.5 Å². The Morgan fingerprint density at radius 3 is 2.96 bits per heavy atom. The topological polar surface area (TPSA) is 87.4 Å². The van der Waals surface area contributed by atoms with Gasteiger partial charge in [-0.1, -0.05) is 24.3 Å². The third-order valence-corrected chi connectivity index (χ3v) is 4.71. The first-order valence-electron chi connectivity index (χ1n) is 8.30. The molecule has 1 aliphatic rings. The molecule has 0 spiro atoms. The van der Waals surface area contributed by atoms with Crippen LogP contribution in [0.25, 0.3) is 11.0 Å². The maximum Gasteiger partial charge on any atom is 0.251 e. The van der Waals surface area contributed by atoms with E-state index in [-0.39, 0.29) is 12.5 Å². The lowest BCUT2D eigenvalue weighted by Crippen LogP contribution is -2.33. The summed E-state index contributed by atoms with van der Waals surface area (Å²) in [6.07, 6.45) is 1.58. The monoisotopic (exact) mass is 337 g/mol. The van der Waals surface area contributed by atoms with Crippen molar-refractivity contribution < 1.29 is 15.0 Å². The number of aliphatic hydroxyl groups is 2. The van der Waals surface area contributed by atoms with Crippen LogP contribution in [0.1, 0.15) is 27.5 Å². The Morgan fingerprint density at radius 1 is 1.28 bits per heavy atom. The largest absolute Gasteiger partial charge is 0.395 e. The van der Waals surface area contributed by atoms with E-state index in [2.05, 4.69) is 10.3 Å². The molecule has 1 aliphatic carbocycles. The molecule has 4 rings (SSSR count). The van der Waals surface area contributed by atoms with Crippen molar-refractivity contribution in [1.29, 1.82) is 0 Å². The molecule has 128 valence electrons. The second-order valence-electron chi connectivity index (χ2n) is 6.29. The van der Waals surface area contributed by atoms with E-state index in [0.29, 0.717) is 24.0 Å². The van der Waals surface area contributed by atoms with Crippen molar-refractivity contribution in [3.05, 3.63) is 65.5 Å². The van der Waals surface area contributed by atoms with Crippen LogP contribution in [0.2, 0.25) is 0 Å². The second-order valence-corrected chi connectivity index (χ2v) is 6.29. The van der Waals surface area contributed by atoms with Crippen LogP contribution in [0.5, 0.6) is 0 Å². The van der Waals surface area contributed by atoms with Crippen molar-refractivity contribution in [1.82, 2.24) is 14.9 Å². The maximum atomic E-state index is 12.6. The van der Waals surface area contributed by atoms with Gasteiger partial charge in [-0.25, -0.2) is 4.98 Å². The number of carbonyl (C=O) groups is 1. The van der Waals surface area contributed by atoms with Crippen molar-refractivity contribution in [2.45, 2.75) is 25.1 Å². The van der Waals surface area contributed by atoms with E-state index >= 15 is 0 Å². The fourth-order valence-corrected chi connectivity index (χ4v) is 3.46. The minimum atomic E-state index is -0.617. The van der Waals surface area contributed by atoms with Crippen molar-refractivity contribution in [3.63, 3.8) is 0 Å². The summed E-state index contributed by atoms with van der Waals surface area (Å²) < 4.78 is 1.84. The van der Waals surface area contributed by atoms with Crippen molar-refractivity contribution >= 4 is 16.9 Å². The standard InChI is InChI=1S/C19H19N3O3/c23-8-7-22-11-20-15-9-13(5-6-16(15)22)19(25)21-18-14-4-2-1-3-12(14)10-17(18)24/h1-6,9,11,17-18,23-24H,7-8,10H2,(H,21,25)/t17-,18-/m1/s1. The minimum absolute atomic E-state index is 0.0344. The highest BCUT2D eigenvalue weighted by Gasteiger charge is 2.32. The average molecular weight is 337 g/mol. The van der Waals surface area contributed by atoms with E-state index < -0.39 is 12.1 Å². The van der Waals surface area contributed by atoms with Gasteiger partial charge >= 0.3 is 0 Å². The van der Waals surface area contributed by atoms with Gasteiger partial charge in [0.25, 0.3) is 5.91 Å². The number of aromatic nitrogens is 2. The lowest BCUT2D eigenvalue weighted by molar-refractivity contribution is 0.0858. The Hall–Kier alpha value is -2.70. The van der Waals surface area contributed by atoms with E-state index in [4.69, 9.17) is 5.11 Å². The van der Waals surface area contributed by atoms with Crippen molar-refractivity contribution in [3.8, 4) is 0 Å². The first kappa shape index (κ1) is 15.8. The van der Waals surface area contributed by atoms with Crippen LogP contribution in [-0.4, -0.2) is 38.4 Å². The summed E-state index contributed by atoms with van der Waals surface area (Å²) in [6.45, 7) is 0.500. The van der Waals surface area contributed by atoms with Gasteiger partial charge in [-0.15, -0.1) is 0 Å². The average Bonchev–Trinajstić information content (AvgIpc) is 3.16. The Balaban J connectivity index is 1.58. The van der Waals surface area contributed by atoms with Gasteiger partial charge in [0.2, 0.25) is 0 Å². The van der Waals surface area contributed by atoms with Crippen LogP contribution in [0, 0.1) is 0 Å². The highest BCUT2D eigenvalue weighted by atomic mass is 16.3. The third-order valence-electron chi connectivity index (χ3n) is 4.71. The second kappa shape index (κ2) is 6.31. The predicted octanol–water partition coefficient (Wildman–Crippen LogP) is 1.42. The molecule has 1 amide bonds. The molecule has 0 bridgehead atoms. The lowest BCUT2D eigenvalue weighted by atomic mass is 10.1. The smallest absolute Gasteiger partial charge is 0.251 e. The van der Waals surface area contributed by atoms with Crippen LogP contribution in [-0.2, 0) is 13.0 Å². The molecular formula is C19H19N3O3. The number of nitrogens with one attached hydrogen (secondary N) is 1. The van der Waals surface area contributed by atoms with Crippen molar-refractivity contribution in [2.24, 2.45) is 0 Å². The molecule has 0 radical (unpaired) electrons. The third kappa shape index (κ3) is 2.79. The summed E-state index contributed by atoms with van der Waals surface area (Å²) >= 11 is 0. The first-order chi connectivity index (χ1) is 12.2. The van der Waals surface area contributed by atoms with E-state index in [1.165, 1.54) is 0 Å². The molecule has 0 unspecified atom stereocenters. The SMILES string of the molecule is O=C(N[C@@H]1c2ccccc2C[C@H]1O)c1ccc2c(c1)ncn2CCO. The fourth-order valence-electron chi connectivity index (χ4n) is 3.46. The molecule has 3 N–H and O–H groups in total. The summed E-state index contributed by atoms with van der Waals surface area (Å²) in [5.74, 6) is -0.237. The molecule has 2 aromatic carbocycles. The number of imidazole rings is 1. The van der Waals surface area contributed by atoms with Gasteiger partial charge in [-0.05, 0) is 29.3 Å². The van der Waals surface area contributed by atoms with Crippen LogP contribution in [0.15, 0.2) is 48.8 Å². The van der Waals surface area contributed by atoms with Gasteiger partial charge in [0.05, 0.1) is 36.1 Å². The molecule has 2 atom stereocenters. The summed E-state index contributed by atoms with van der Waals surface area (Å²) in [6, 6.07) is 12.7. The number of hydrogen-bond acceptors (Lipinski definition) is 4. The highest BCUT2D eigenvalue weighted by Crippen LogP contribution is 2.31. The summed E-state index contributed by atoms with van der Waals surface area (Å²) in [4.78, 5) is 16.9. The molecule has 0 saturated carbocycles. The Labute approximate surface area is 144 Å². The highest BCUT2D eigenvalue weighted by molar-refractivity contribution is 5.97. The Kier molecular flexibility index (Phi) is 3.99. The fraction of sp³-hybridized carbons (Fsp3) is 0.263. The molecule has 3 aromatic rings. The predicted molar refractivity (Wildman–Crippen MR) is 93.2 cm³/mol. The number of aliphatic hydroxyl groups excluding tert-OH is 2. The van der Waals surface area contributed by atoms with Gasteiger partial charge in [-0.3, -0.25) is 4.79 Å². The summed E-state index contributed by atoms with van der Waals surface area (Å²) in [5, 5.41) is 22.3. The zero-order chi connectivity index (χ0) is 17.4. The molecular weight excluding hydrogens is 318 g/mol. The zero-order valence-corrected chi connectivity index (χ0v) is 13.6. The van der Waals surface area contributed by atoms with Crippen LogP contribution in [0.4, 0.5) is 0 Å². The first-order valence-corrected chi connectivity index (χ1v) is 8.30. The molecule has 1 heterocycles. The van der Waals surface area contributed by atoms with Gasteiger partial charge in [0.1, 0.15) is 0 Å². The molecule has 0 saturated heterocycles. The van der Waals surface area contributed by atoms with Gasteiger partial charge in [-0.2, -0.15) is 0 Å². The minimum Gasteiger partial charge on any atom is -0.395 e. The van der Waals surface area contributed by atoms with Gasteiger partial charge < -0.3 is 20.1 Å². The van der Waals surface area contributed by atoms with E-state index in [9.17, 15) is 9.90 Å². The van der Waals surface area contributed by atoms with Gasteiger partial charge in [0.15, 0.2) is 0 Å². The zero-order valence-electron chi connectivity index (χ0n) is 13.6. The molecule has 6 heteroatoms. The van der Waals surface area contributed by atoms with Crippen LogP contribution >= 0.6 is 0 Å². The van der Waals surface area contributed by atoms with Gasteiger partial charge in [0, 0.05) is 18.5 Å².